The molecule has 41 heavy (non-hydrogen) atoms. The maximum atomic E-state index is 12.9. The van der Waals surface area contributed by atoms with E-state index in [0.29, 0.717) is 45.3 Å². The highest BCUT2D eigenvalue weighted by Crippen LogP contribution is 2.26. The highest BCUT2D eigenvalue weighted by molar-refractivity contribution is 9.10. The van der Waals surface area contributed by atoms with Crippen LogP contribution in [0.25, 0.3) is 16.7 Å². The van der Waals surface area contributed by atoms with Gasteiger partial charge in [-0.15, -0.1) is 5.10 Å². The van der Waals surface area contributed by atoms with Crippen LogP contribution in [-0.4, -0.2) is 27.1 Å². The molecule has 0 spiro atoms. The van der Waals surface area contributed by atoms with Crippen LogP contribution in [0, 0.1) is 0 Å². The van der Waals surface area contributed by atoms with Crippen molar-refractivity contribution < 1.29 is 18.7 Å². The lowest BCUT2D eigenvalue weighted by atomic mass is 10.0. The van der Waals surface area contributed by atoms with Crippen LogP contribution in [0.4, 0.5) is 0 Å². The van der Waals surface area contributed by atoms with Crippen molar-refractivity contribution in [3.8, 4) is 11.4 Å². The molecule has 2 heterocycles. The standard InChI is InChI=1S/C32H21BrClN3O4/c33-25-9-7-22(8-10-25)32(39)31-16-23-14-20(6-12-30(23)41-31)13-21-5-11-29(24(15-21)18-38)40-19-26-17-37(36-35-26)28-4-2-1-3-27(28)34/h1-12,14-18H,13,19H2. The van der Waals surface area contributed by atoms with Gasteiger partial charge >= 0.3 is 0 Å². The molecule has 0 saturated carbocycles. The van der Waals surface area contributed by atoms with Crippen molar-refractivity contribution in [2.24, 2.45) is 0 Å². The number of halogens is 2. The van der Waals surface area contributed by atoms with Crippen molar-refractivity contribution in [3.05, 3.63) is 140 Å². The van der Waals surface area contributed by atoms with Gasteiger partial charge in [-0.2, -0.15) is 0 Å². The van der Waals surface area contributed by atoms with Crippen molar-refractivity contribution in [1.82, 2.24) is 15.0 Å². The van der Waals surface area contributed by atoms with Gasteiger partial charge in [-0.1, -0.05) is 57.0 Å². The Hall–Kier alpha value is -4.53. The van der Waals surface area contributed by atoms with Gasteiger partial charge in [0.2, 0.25) is 5.78 Å². The number of aldehydes is 1. The molecule has 0 amide bonds. The molecule has 9 heteroatoms. The molecule has 0 saturated heterocycles. The minimum Gasteiger partial charge on any atom is -0.486 e. The minimum atomic E-state index is -0.173. The molecule has 0 bridgehead atoms. The molecule has 0 aliphatic heterocycles. The predicted octanol–water partition coefficient (Wildman–Crippen LogP) is 7.64. The summed E-state index contributed by atoms with van der Waals surface area (Å²) < 4.78 is 14.2. The Morgan fingerprint density at radius 3 is 2.56 bits per heavy atom. The largest absolute Gasteiger partial charge is 0.486 e. The number of hydrogen-bond donors (Lipinski definition) is 0. The molecular weight excluding hydrogens is 606 g/mol. The molecule has 7 nitrogen and oxygen atoms in total. The quantitative estimate of drug-likeness (QED) is 0.121. The van der Waals surface area contributed by atoms with Gasteiger partial charge in [-0.3, -0.25) is 9.59 Å². The number of ether oxygens (including phenoxy) is 1. The summed E-state index contributed by atoms with van der Waals surface area (Å²) >= 11 is 9.63. The van der Waals surface area contributed by atoms with Gasteiger partial charge in [0.15, 0.2) is 12.0 Å². The smallest absolute Gasteiger partial charge is 0.228 e. The van der Waals surface area contributed by atoms with Gasteiger partial charge < -0.3 is 9.15 Å². The summed E-state index contributed by atoms with van der Waals surface area (Å²) in [5.74, 6) is 0.571. The number of fused-ring (bicyclic) bond motifs is 1. The fourth-order valence-corrected chi connectivity index (χ4v) is 4.98. The van der Waals surface area contributed by atoms with Crippen molar-refractivity contribution in [2.45, 2.75) is 13.0 Å². The van der Waals surface area contributed by atoms with E-state index in [9.17, 15) is 9.59 Å². The van der Waals surface area contributed by atoms with E-state index in [1.54, 1.807) is 41.2 Å². The van der Waals surface area contributed by atoms with E-state index >= 15 is 0 Å². The van der Waals surface area contributed by atoms with E-state index < -0.39 is 0 Å². The van der Waals surface area contributed by atoms with Gasteiger partial charge in [0.1, 0.15) is 23.6 Å². The molecule has 0 radical (unpaired) electrons. The second-order valence-corrected chi connectivity index (χ2v) is 10.7. The van der Waals surface area contributed by atoms with E-state index in [1.807, 2.05) is 60.7 Å². The van der Waals surface area contributed by atoms with Crippen molar-refractivity contribution >= 4 is 50.6 Å². The minimum absolute atomic E-state index is 0.142. The lowest BCUT2D eigenvalue weighted by molar-refractivity contribution is 0.101. The van der Waals surface area contributed by atoms with Gasteiger partial charge in [-0.25, -0.2) is 4.68 Å². The first-order chi connectivity index (χ1) is 20.0. The molecule has 2 aromatic heterocycles. The molecule has 0 aliphatic rings. The van der Waals surface area contributed by atoms with Crippen LogP contribution in [0.1, 0.15) is 43.3 Å². The van der Waals surface area contributed by atoms with E-state index in [0.717, 1.165) is 27.3 Å². The molecule has 0 unspecified atom stereocenters. The fraction of sp³-hybridized carbons (Fsp3) is 0.0625. The molecule has 0 aliphatic carbocycles. The zero-order chi connectivity index (χ0) is 28.3. The lowest BCUT2D eigenvalue weighted by Gasteiger charge is -2.09. The molecule has 6 rings (SSSR count). The summed E-state index contributed by atoms with van der Waals surface area (Å²) in [6, 6.07) is 27.6. The van der Waals surface area contributed by atoms with E-state index in [-0.39, 0.29) is 18.2 Å². The first-order valence-electron chi connectivity index (χ1n) is 12.7. The summed E-state index contributed by atoms with van der Waals surface area (Å²) in [7, 11) is 0. The summed E-state index contributed by atoms with van der Waals surface area (Å²) in [5.41, 5.74) is 4.90. The van der Waals surface area contributed by atoms with Crippen LogP contribution >= 0.6 is 27.5 Å². The molecule has 4 aromatic carbocycles. The Balaban J connectivity index is 1.15. The van der Waals surface area contributed by atoms with Crippen molar-refractivity contribution in [2.75, 3.05) is 0 Å². The third-order valence-corrected chi connectivity index (χ3v) is 7.38. The summed E-state index contributed by atoms with van der Waals surface area (Å²) in [6.45, 7) is 0.142. The lowest BCUT2D eigenvalue weighted by Crippen LogP contribution is -2.00. The molecule has 0 atom stereocenters. The number of aromatic nitrogens is 3. The Bertz CT molecular complexity index is 1900. The van der Waals surface area contributed by atoms with Gasteiger partial charge in [-0.05, 0) is 84.3 Å². The first kappa shape index (κ1) is 26.7. The van der Waals surface area contributed by atoms with Crippen LogP contribution in [0.5, 0.6) is 5.75 Å². The van der Waals surface area contributed by atoms with Crippen LogP contribution in [-0.2, 0) is 13.0 Å². The topological polar surface area (TPSA) is 87.2 Å². The number of nitrogens with zero attached hydrogens (tertiary/aromatic N) is 3. The molecule has 0 fully saturated rings. The third kappa shape index (κ3) is 5.84. The van der Waals surface area contributed by atoms with Crippen LogP contribution in [0.3, 0.4) is 0 Å². The first-order valence-corrected chi connectivity index (χ1v) is 13.8. The number of carbonyl (C=O) groups is 2. The fourth-order valence-electron chi connectivity index (χ4n) is 4.50. The Morgan fingerprint density at radius 2 is 1.76 bits per heavy atom. The zero-order valence-corrected chi connectivity index (χ0v) is 23.8. The highest BCUT2D eigenvalue weighted by Gasteiger charge is 2.15. The number of para-hydroxylation sites is 1. The Kier molecular flexibility index (Phi) is 7.50. The molecule has 202 valence electrons. The van der Waals surface area contributed by atoms with E-state index in [2.05, 4.69) is 26.2 Å². The summed E-state index contributed by atoms with van der Waals surface area (Å²) in [4.78, 5) is 24.7. The number of rotatable bonds is 9. The summed E-state index contributed by atoms with van der Waals surface area (Å²) in [6.07, 6.45) is 3.10. The monoisotopic (exact) mass is 625 g/mol. The van der Waals surface area contributed by atoms with Crippen molar-refractivity contribution in [3.63, 3.8) is 0 Å². The average Bonchev–Trinajstić information content (AvgIpc) is 3.64. The van der Waals surface area contributed by atoms with Gasteiger partial charge in [0.25, 0.3) is 0 Å². The normalized spacial score (nSPS) is 11.1. The molecule has 6 aromatic rings. The van der Waals surface area contributed by atoms with Gasteiger partial charge in [0, 0.05) is 15.4 Å². The summed E-state index contributed by atoms with van der Waals surface area (Å²) in [5, 5.41) is 9.66. The Morgan fingerprint density at radius 1 is 0.976 bits per heavy atom. The third-order valence-electron chi connectivity index (χ3n) is 6.54. The Labute approximate surface area is 248 Å². The maximum absolute atomic E-state index is 12.9. The SMILES string of the molecule is O=Cc1cc(Cc2ccc3oc(C(=O)c4ccc(Br)cc4)cc3c2)ccc1OCc1cn(-c2ccccc2Cl)nn1. The second kappa shape index (κ2) is 11.5. The number of benzene rings is 4. The number of carbonyl (C=O) groups excluding carboxylic acids is 2. The van der Waals surface area contributed by atoms with Crippen LogP contribution < -0.4 is 4.74 Å². The van der Waals surface area contributed by atoms with E-state index in [4.69, 9.17) is 20.8 Å². The van der Waals surface area contributed by atoms with Crippen LogP contribution in [0.2, 0.25) is 5.02 Å². The van der Waals surface area contributed by atoms with Crippen LogP contribution in [0.15, 0.2) is 106 Å². The van der Waals surface area contributed by atoms with Crippen molar-refractivity contribution in [1.29, 1.82) is 0 Å². The van der Waals surface area contributed by atoms with Gasteiger partial charge in [0.05, 0.1) is 22.5 Å². The van der Waals surface area contributed by atoms with E-state index in [1.165, 1.54) is 0 Å². The molecular formula is C32H21BrClN3O4. The second-order valence-electron chi connectivity index (χ2n) is 9.38. The number of hydrogen-bond acceptors (Lipinski definition) is 6. The highest BCUT2D eigenvalue weighted by atomic mass is 79.9. The maximum Gasteiger partial charge on any atom is 0.228 e. The number of furan rings is 1. The molecule has 0 N–H and O–H groups in total. The number of ketones is 1. The predicted molar refractivity (Wildman–Crippen MR) is 159 cm³/mol. The average molecular weight is 627 g/mol. The zero-order valence-electron chi connectivity index (χ0n) is 21.5.